The van der Waals surface area contributed by atoms with Crippen LogP contribution in [0.3, 0.4) is 0 Å². The van der Waals surface area contributed by atoms with E-state index in [-0.39, 0.29) is 17.1 Å². The number of phenols is 1. The number of amides is 1. The van der Waals surface area contributed by atoms with Crippen LogP contribution in [0.2, 0.25) is 0 Å². The van der Waals surface area contributed by atoms with Crippen LogP contribution in [0.15, 0.2) is 54.1 Å². The van der Waals surface area contributed by atoms with E-state index in [4.69, 9.17) is 4.74 Å². The Kier molecular flexibility index (Phi) is 6.58. The molecule has 4 rings (SSSR count). The number of aliphatic hydroxyl groups is 1. The summed E-state index contributed by atoms with van der Waals surface area (Å²) in [4.78, 5) is 29.8. The standard InChI is InChI=1S/C25H28N2O5/c1-17-6-8-18(9-7-17)23(29)21-22(19-4-2-5-20(28)16-19)27(25(31)24(21)30)11-3-10-26-12-14-32-15-13-26/h2,4-9,16,22,28-29H,3,10-15H2,1H3/t22-/m0/s1. The summed E-state index contributed by atoms with van der Waals surface area (Å²) in [5.74, 6) is -1.50. The van der Waals surface area contributed by atoms with E-state index in [1.807, 2.05) is 19.1 Å². The van der Waals surface area contributed by atoms with Gasteiger partial charge in [0, 0.05) is 31.7 Å². The first-order valence-corrected chi connectivity index (χ1v) is 10.9. The van der Waals surface area contributed by atoms with Gasteiger partial charge in [0.05, 0.1) is 24.8 Å². The number of aryl methyl sites for hydroxylation is 1. The fourth-order valence-electron chi connectivity index (χ4n) is 4.31. The monoisotopic (exact) mass is 436 g/mol. The van der Waals surface area contributed by atoms with Crippen molar-refractivity contribution in [3.05, 3.63) is 70.8 Å². The first-order valence-electron chi connectivity index (χ1n) is 10.9. The molecule has 2 fully saturated rings. The van der Waals surface area contributed by atoms with Gasteiger partial charge in [-0.1, -0.05) is 42.0 Å². The molecule has 0 spiro atoms. The molecule has 2 aliphatic heterocycles. The van der Waals surface area contributed by atoms with Gasteiger partial charge in [0.1, 0.15) is 11.5 Å². The van der Waals surface area contributed by atoms with Gasteiger partial charge in [0.25, 0.3) is 11.7 Å². The van der Waals surface area contributed by atoms with Crippen LogP contribution < -0.4 is 0 Å². The summed E-state index contributed by atoms with van der Waals surface area (Å²) in [5.41, 5.74) is 2.14. The fourth-order valence-corrected chi connectivity index (χ4v) is 4.31. The molecule has 7 heteroatoms. The van der Waals surface area contributed by atoms with Crippen molar-refractivity contribution in [2.45, 2.75) is 19.4 Å². The second kappa shape index (κ2) is 9.54. The molecule has 0 saturated carbocycles. The number of nitrogens with zero attached hydrogens (tertiary/aromatic N) is 2. The fraction of sp³-hybridized carbons (Fsp3) is 0.360. The van der Waals surface area contributed by atoms with Gasteiger partial charge in [-0.2, -0.15) is 0 Å². The smallest absolute Gasteiger partial charge is 0.295 e. The minimum absolute atomic E-state index is 0.0386. The molecular weight excluding hydrogens is 408 g/mol. The highest BCUT2D eigenvalue weighted by Crippen LogP contribution is 2.40. The number of hydrogen-bond donors (Lipinski definition) is 2. The molecule has 2 aliphatic rings. The molecule has 2 aromatic rings. The molecule has 0 unspecified atom stereocenters. The summed E-state index contributed by atoms with van der Waals surface area (Å²) >= 11 is 0. The maximum atomic E-state index is 13.0. The van der Waals surface area contributed by atoms with E-state index in [9.17, 15) is 19.8 Å². The molecule has 0 aliphatic carbocycles. The van der Waals surface area contributed by atoms with Crippen molar-refractivity contribution in [3.8, 4) is 5.75 Å². The lowest BCUT2D eigenvalue weighted by Gasteiger charge is -2.29. The quantitative estimate of drug-likeness (QED) is 0.411. The maximum Gasteiger partial charge on any atom is 0.295 e. The SMILES string of the molecule is Cc1ccc(C(O)=C2C(=O)C(=O)N(CCCN3CCOCC3)[C@H]2c2cccc(O)c2)cc1. The van der Waals surface area contributed by atoms with Gasteiger partial charge in [-0.05, 0) is 31.0 Å². The molecule has 0 radical (unpaired) electrons. The first kappa shape index (κ1) is 22.0. The third-order valence-corrected chi connectivity index (χ3v) is 6.03. The number of aliphatic hydroxyl groups excluding tert-OH is 1. The zero-order chi connectivity index (χ0) is 22.7. The molecule has 0 aromatic heterocycles. The van der Waals surface area contributed by atoms with Gasteiger partial charge in [0.2, 0.25) is 0 Å². The molecule has 2 aromatic carbocycles. The minimum Gasteiger partial charge on any atom is -0.508 e. The lowest BCUT2D eigenvalue weighted by atomic mass is 9.95. The number of ketones is 1. The number of morpholine rings is 1. The zero-order valence-electron chi connectivity index (χ0n) is 18.2. The van der Waals surface area contributed by atoms with Crippen LogP contribution in [0.4, 0.5) is 0 Å². The predicted octanol–water partition coefficient (Wildman–Crippen LogP) is 2.84. The average Bonchev–Trinajstić information content (AvgIpc) is 3.05. The van der Waals surface area contributed by atoms with Crippen molar-refractivity contribution in [1.29, 1.82) is 0 Å². The molecule has 168 valence electrons. The number of carbonyl (C=O) groups excluding carboxylic acids is 2. The molecule has 0 bridgehead atoms. The number of hydrogen-bond acceptors (Lipinski definition) is 6. The van der Waals surface area contributed by atoms with Gasteiger partial charge >= 0.3 is 0 Å². The summed E-state index contributed by atoms with van der Waals surface area (Å²) in [6.45, 7) is 6.19. The molecule has 1 atom stereocenters. The molecular formula is C25H28N2O5. The van der Waals surface area contributed by atoms with E-state index >= 15 is 0 Å². The lowest BCUT2D eigenvalue weighted by Crippen LogP contribution is -2.38. The van der Waals surface area contributed by atoms with E-state index < -0.39 is 17.7 Å². The van der Waals surface area contributed by atoms with Crippen LogP contribution in [0.25, 0.3) is 5.76 Å². The van der Waals surface area contributed by atoms with Gasteiger partial charge in [-0.25, -0.2) is 0 Å². The summed E-state index contributed by atoms with van der Waals surface area (Å²) < 4.78 is 5.38. The van der Waals surface area contributed by atoms with Crippen molar-refractivity contribution in [2.24, 2.45) is 0 Å². The van der Waals surface area contributed by atoms with Crippen molar-refractivity contribution >= 4 is 17.4 Å². The Morgan fingerprint density at radius 3 is 2.47 bits per heavy atom. The second-order valence-electron chi connectivity index (χ2n) is 8.26. The Morgan fingerprint density at radius 2 is 1.78 bits per heavy atom. The van der Waals surface area contributed by atoms with Gasteiger partial charge in [-0.15, -0.1) is 0 Å². The third-order valence-electron chi connectivity index (χ3n) is 6.03. The van der Waals surface area contributed by atoms with Crippen LogP contribution in [0.1, 0.15) is 29.2 Å². The van der Waals surface area contributed by atoms with Gasteiger partial charge in [0.15, 0.2) is 0 Å². The van der Waals surface area contributed by atoms with Crippen molar-refractivity contribution in [1.82, 2.24) is 9.80 Å². The third kappa shape index (κ3) is 4.54. The summed E-state index contributed by atoms with van der Waals surface area (Å²) in [5, 5.41) is 21.1. The number of carbonyl (C=O) groups is 2. The van der Waals surface area contributed by atoms with E-state index in [2.05, 4.69) is 4.90 Å². The predicted molar refractivity (Wildman–Crippen MR) is 120 cm³/mol. The molecule has 32 heavy (non-hydrogen) atoms. The Labute approximate surface area is 187 Å². The number of benzene rings is 2. The Morgan fingerprint density at radius 1 is 1.06 bits per heavy atom. The van der Waals surface area contributed by atoms with Crippen LogP contribution in [0.5, 0.6) is 5.75 Å². The average molecular weight is 437 g/mol. The van der Waals surface area contributed by atoms with Crippen LogP contribution in [-0.2, 0) is 14.3 Å². The van der Waals surface area contributed by atoms with Gasteiger partial charge in [-0.3, -0.25) is 14.5 Å². The summed E-state index contributed by atoms with van der Waals surface area (Å²) in [6.07, 6.45) is 0.687. The normalized spacial score (nSPS) is 21.3. The Hall–Kier alpha value is -3.16. The summed E-state index contributed by atoms with van der Waals surface area (Å²) in [7, 11) is 0. The molecule has 1 amide bonds. The highest BCUT2D eigenvalue weighted by atomic mass is 16.5. The van der Waals surface area contributed by atoms with Crippen LogP contribution in [0, 0.1) is 6.92 Å². The number of rotatable bonds is 6. The largest absolute Gasteiger partial charge is 0.508 e. The first-order chi connectivity index (χ1) is 15.5. The number of phenolic OH excluding ortho intramolecular Hbond substituents is 1. The highest BCUT2D eigenvalue weighted by molar-refractivity contribution is 6.46. The molecule has 2 N–H and O–H groups in total. The van der Waals surface area contributed by atoms with Gasteiger partial charge < -0.3 is 19.8 Å². The second-order valence-corrected chi connectivity index (χ2v) is 8.26. The van der Waals surface area contributed by atoms with E-state index in [0.717, 1.165) is 25.2 Å². The van der Waals surface area contributed by atoms with Crippen molar-refractivity contribution < 1.29 is 24.5 Å². The van der Waals surface area contributed by atoms with Crippen molar-refractivity contribution in [2.75, 3.05) is 39.4 Å². The highest BCUT2D eigenvalue weighted by Gasteiger charge is 2.45. The summed E-state index contributed by atoms with van der Waals surface area (Å²) in [6, 6.07) is 12.9. The van der Waals surface area contributed by atoms with E-state index in [1.165, 1.54) is 17.0 Å². The number of Topliss-reactive ketones (excluding diaryl/α,β-unsaturated/α-hetero) is 1. The molecule has 7 nitrogen and oxygen atoms in total. The number of ether oxygens (including phenoxy) is 1. The molecule has 2 heterocycles. The topological polar surface area (TPSA) is 90.3 Å². The number of likely N-dealkylation sites (tertiary alicyclic amines) is 1. The van der Waals surface area contributed by atoms with E-state index in [0.29, 0.717) is 37.3 Å². The molecule has 2 saturated heterocycles. The Balaban J connectivity index is 1.67. The minimum atomic E-state index is -0.756. The van der Waals surface area contributed by atoms with E-state index in [1.54, 1.807) is 24.3 Å². The lowest BCUT2D eigenvalue weighted by molar-refractivity contribution is -0.140. The Bertz CT molecular complexity index is 1020. The van der Waals surface area contributed by atoms with Crippen molar-refractivity contribution in [3.63, 3.8) is 0 Å². The van der Waals surface area contributed by atoms with Crippen LogP contribution >= 0.6 is 0 Å². The maximum absolute atomic E-state index is 13.0. The zero-order valence-corrected chi connectivity index (χ0v) is 18.2. The number of aromatic hydroxyl groups is 1. The van der Waals surface area contributed by atoms with Crippen LogP contribution in [-0.4, -0.2) is 71.1 Å².